The molecule has 0 aliphatic carbocycles. The average molecular weight is 426 g/mol. The van der Waals surface area contributed by atoms with Crippen molar-refractivity contribution in [1.82, 2.24) is 19.7 Å². The number of hydrogen-bond donors (Lipinski definition) is 1. The third-order valence-corrected chi connectivity index (χ3v) is 5.51. The van der Waals surface area contributed by atoms with Gasteiger partial charge in [0.2, 0.25) is 11.0 Å². The lowest BCUT2D eigenvalue weighted by Gasteiger charge is -2.13. The molecule has 0 atom stereocenters. The largest absolute Gasteiger partial charge is 0.299 e. The Morgan fingerprint density at radius 1 is 1.35 bits per heavy atom. The highest BCUT2D eigenvalue weighted by molar-refractivity contribution is 8.26. The minimum absolute atomic E-state index is 0.149. The Morgan fingerprint density at radius 3 is 2.81 bits per heavy atom. The smallest absolute Gasteiger partial charge is 0.266 e. The lowest BCUT2D eigenvalue weighted by atomic mass is 10.2. The van der Waals surface area contributed by atoms with Crippen LogP contribution in [0, 0.1) is 0 Å². The molecule has 26 heavy (non-hydrogen) atoms. The maximum absolute atomic E-state index is 12.5. The van der Waals surface area contributed by atoms with E-state index in [1.807, 2.05) is 12.1 Å². The van der Waals surface area contributed by atoms with Crippen LogP contribution < -0.4 is 5.32 Å². The zero-order chi connectivity index (χ0) is 18.5. The number of nitrogens with one attached hydrogen (secondary N) is 1. The molecule has 0 spiro atoms. The summed E-state index contributed by atoms with van der Waals surface area (Å²) < 4.78 is 4.06. The quantitative estimate of drug-likeness (QED) is 0.561. The molecule has 3 rings (SSSR count). The molecule has 2 amide bonds. The van der Waals surface area contributed by atoms with Gasteiger partial charge in [-0.1, -0.05) is 57.3 Å². The van der Waals surface area contributed by atoms with Crippen LogP contribution in [0.2, 0.25) is 5.02 Å². The van der Waals surface area contributed by atoms with E-state index in [4.69, 9.17) is 23.8 Å². The van der Waals surface area contributed by atoms with Gasteiger partial charge in [-0.2, -0.15) is 0 Å². The van der Waals surface area contributed by atoms with Crippen molar-refractivity contribution < 1.29 is 9.59 Å². The highest BCUT2D eigenvalue weighted by Crippen LogP contribution is 2.32. The molecular weight excluding hydrogens is 414 g/mol. The maximum atomic E-state index is 12.5. The van der Waals surface area contributed by atoms with E-state index in [-0.39, 0.29) is 18.2 Å². The SMILES string of the molecule is O=C(CCCN1C(=O)/C(=C/c2ccc(Cl)cc2)SC1=S)Nc1nnns1. The molecule has 1 aliphatic heterocycles. The highest BCUT2D eigenvalue weighted by Gasteiger charge is 2.31. The van der Waals surface area contributed by atoms with E-state index in [1.165, 1.54) is 16.7 Å². The molecule has 2 heterocycles. The topological polar surface area (TPSA) is 88.1 Å². The van der Waals surface area contributed by atoms with Gasteiger partial charge in [0.1, 0.15) is 4.32 Å². The van der Waals surface area contributed by atoms with Crippen molar-refractivity contribution in [2.45, 2.75) is 12.8 Å². The fraction of sp³-hybridized carbons (Fsp3) is 0.200. The van der Waals surface area contributed by atoms with E-state index in [0.717, 1.165) is 17.1 Å². The number of carbonyl (C=O) groups excluding carboxylic acids is 2. The number of amides is 2. The van der Waals surface area contributed by atoms with Crippen molar-refractivity contribution in [3.8, 4) is 0 Å². The van der Waals surface area contributed by atoms with Crippen molar-refractivity contribution in [3.05, 3.63) is 39.8 Å². The van der Waals surface area contributed by atoms with Gasteiger partial charge in [0.15, 0.2) is 0 Å². The summed E-state index contributed by atoms with van der Waals surface area (Å²) in [5.74, 6) is -0.352. The predicted molar refractivity (Wildman–Crippen MR) is 107 cm³/mol. The standard InChI is InChI=1S/C15H12ClN5O2S3/c16-10-5-3-9(4-6-10)8-11-13(23)21(15(24)25-11)7-1-2-12(22)17-14-18-19-20-26-14/h3-6,8H,1-2,7H2,(H,17,18,20,22)/b11-8-. The van der Waals surface area contributed by atoms with E-state index < -0.39 is 0 Å². The molecule has 7 nitrogen and oxygen atoms in total. The van der Waals surface area contributed by atoms with Crippen LogP contribution in [0.3, 0.4) is 0 Å². The zero-order valence-corrected chi connectivity index (χ0v) is 16.4. The van der Waals surface area contributed by atoms with E-state index in [1.54, 1.807) is 18.2 Å². The number of aromatic nitrogens is 3. The monoisotopic (exact) mass is 425 g/mol. The van der Waals surface area contributed by atoms with Crippen LogP contribution >= 0.6 is 47.1 Å². The van der Waals surface area contributed by atoms with Crippen LogP contribution in [-0.2, 0) is 9.59 Å². The van der Waals surface area contributed by atoms with Crippen LogP contribution in [0.1, 0.15) is 18.4 Å². The molecule has 1 aromatic heterocycles. The van der Waals surface area contributed by atoms with Gasteiger partial charge in [-0.05, 0) is 35.4 Å². The zero-order valence-electron chi connectivity index (χ0n) is 13.2. The summed E-state index contributed by atoms with van der Waals surface area (Å²) >= 11 is 13.4. The molecule has 0 unspecified atom stereocenters. The van der Waals surface area contributed by atoms with Crippen molar-refractivity contribution in [3.63, 3.8) is 0 Å². The van der Waals surface area contributed by atoms with Gasteiger partial charge in [-0.25, -0.2) is 0 Å². The fourth-order valence-corrected chi connectivity index (χ4v) is 3.98. The summed E-state index contributed by atoms with van der Waals surface area (Å²) in [4.78, 5) is 26.4. The first-order valence-electron chi connectivity index (χ1n) is 7.49. The molecule has 0 bridgehead atoms. The Morgan fingerprint density at radius 2 is 2.12 bits per heavy atom. The molecule has 2 aromatic rings. The first kappa shape index (κ1) is 18.9. The Bertz CT molecular complexity index is 855. The second kappa shape index (κ2) is 8.67. The Labute approximate surface area is 168 Å². The number of thiocarbonyl (C=S) groups is 1. The number of halogens is 1. The van der Waals surface area contributed by atoms with Gasteiger partial charge in [0, 0.05) is 29.5 Å². The van der Waals surface area contributed by atoms with Crippen molar-refractivity contribution in [2.75, 3.05) is 11.9 Å². The molecule has 1 fully saturated rings. The Kier molecular flexibility index (Phi) is 6.30. The highest BCUT2D eigenvalue weighted by atomic mass is 35.5. The minimum atomic E-state index is -0.203. The van der Waals surface area contributed by atoms with Crippen LogP contribution in [0.4, 0.5) is 5.13 Å². The van der Waals surface area contributed by atoms with Gasteiger partial charge >= 0.3 is 0 Å². The number of hydrogen-bond acceptors (Lipinski definition) is 8. The van der Waals surface area contributed by atoms with E-state index in [2.05, 4.69) is 20.1 Å². The van der Waals surface area contributed by atoms with Crippen molar-refractivity contribution >= 4 is 74.5 Å². The maximum Gasteiger partial charge on any atom is 0.266 e. The van der Waals surface area contributed by atoms with Gasteiger partial charge in [0.25, 0.3) is 5.91 Å². The third-order valence-electron chi connectivity index (χ3n) is 3.37. The van der Waals surface area contributed by atoms with Gasteiger partial charge < -0.3 is 0 Å². The average Bonchev–Trinajstić information content (AvgIpc) is 3.20. The van der Waals surface area contributed by atoms with Gasteiger partial charge in [-0.3, -0.25) is 19.8 Å². The minimum Gasteiger partial charge on any atom is -0.299 e. The van der Waals surface area contributed by atoms with E-state index in [9.17, 15) is 9.59 Å². The van der Waals surface area contributed by atoms with Crippen LogP contribution in [0.5, 0.6) is 0 Å². The van der Waals surface area contributed by atoms with Crippen LogP contribution in [-0.4, -0.2) is 42.4 Å². The molecule has 1 N–H and O–H groups in total. The number of anilines is 1. The fourth-order valence-electron chi connectivity index (χ4n) is 2.16. The summed E-state index contributed by atoms with van der Waals surface area (Å²) in [6.45, 7) is 0.379. The summed E-state index contributed by atoms with van der Waals surface area (Å²) in [7, 11) is 0. The molecule has 1 aliphatic rings. The molecular formula is C15H12ClN5O2S3. The Balaban J connectivity index is 1.54. The van der Waals surface area contributed by atoms with Gasteiger partial charge in [-0.15, -0.1) is 0 Å². The third kappa shape index (κ3) is 4.85. The molecule has 0 radical (unpaired) electrons. The summed E-state index contributed by atoms with van der Waals surface area (Å²) in [6.07, 6.45) is 2.51. The van der Waals surface area contributed by atoms with Crippen molar-refractivity contribution in [2.24, 2.45) is 0 Å². The lowest BCUT2D eigenvalue weighted by Crippen LogP contribution is -2.29. The van der Waals surface area contributed by atoms with E-state index >= 15 is 0 Å². The number of carbonyl (C=O) groups is 2. The molecule has 11 heteroatoms. The molecule has 1 aromatic carbocycles. The van der Waals surface area contributed by atoms with Crippen molar-refractivity contribution in [1.29, 1.82) is 0 Å². The predicted octanol–water partition coefficient (Wildman–Crippen LogP) is 3.21. The number of rotatable bonds is 6. The first-order valence-corrected chi connectivity index (χ1v) is 9.86. The molecule has 0 saturated carbocycles. The van der Waals surface area contributed by atoms with Crippen LogP contribution in [0.25, 0.3) is 6.08 Å². The Hall–Kier alpha value is -1.88. The second-order valence-electron chi connectivity index (χ2n) is 5.20. The number of nitrogens with zero attached hydrogens (tertiary/aromatic N) is 4. The molecule has 134 valence electrons. The van der Waals surface area contributed by atoms with Crippen LogP contribution in [0.15, 0.2) is 29.2 Å². The lowest BCUT2D eigenvalue weighted by molar-refractivity contribution is -0.122. The summed E-state index contributed by atoms with van der Waals surface area (Å²) in [5, 5.41) is 10.6. The second-order valence-corrected chi connectivity index (χ2v) is 8.05. The summed E-state index contributed by atoms with van der Waals surface area (Å²) in [5.41, 5.74) is 0.875. The number of benzene rings is 1. The molecule has 1 saturated heterocycles. The normalized spacial score (nSPS) is 15.7. The van der Waals surface area contributed by atoms with E-state index in [0.29, 0.717) is 32.3 Å². The summed E-state index contributed by atoms with van der Waals surface area (Å²) in [6, 6.07) is 7.20. The van der Waals surface area contributed by atoms with Gasteiger partial charge in [0.05, 0.1) is 4.91 Å². The first-order chi connectivity index (χ1) is 12.5. The number of thioether (sulfide) groups is 1.